The molecule has 6 nitrogen and oxygen atoms in total. The zero-order valence-corrected chi connectivity index (χ0v) is 19.2. The number of anilines is 1. The molecular weight excluding hydrogens is 450 g/mol. The first-order valence-electron chi connectivity index (χ1n) is 10.3. The van der Waals surface area contributed by atoms with Crippen molar-refractivity contribution in [3.05, 3.63) is 83.7 Å². The molecule has 160 valence electrons. The van der Waals surface area contributed by atoms with Gasteiger partial charge in [0.1, 0.15) is 22.3 Å². The Morgan fingerprint density at radius 2 is 1.85 bits per heavy atom. The zero-order valence-electron chi connectivity index (χ0n) is 17.5. The van der Waals surface area contributed by atoms with Crippen LogP contribution in [0.5, 0.6) is 5.75 Å². The number of ether oxygens (including phenoxy) is 1. The zero-order chi connectivity index (χ0) is 22.2. The lowest BCUT2D eigenvalue weighted by atomic mass is 9.99. The van der Waals surface area contributed by atoms with Gasteiger partial charge < -0.3 is 4.74 Å². The second-order valence-corrected chi connectivity index (χ2v) is 9.31. The van der Waals surface area contributed by atoms with Crippen LogP contribution in [0.4, 0.5) is 5.13 Å². The SMILES string of the molecule is COc1ccc2nc3/c(=N\Nc4nncs4)c4ccc(-c5ccccc5)cc4cc-3sc2c1. The van der Waals surface area contributed by atoms with Gasteiger partial charge in [0.05, 0.1) is 22.2 Å². The van der Waals surface area contributed by atoms with E-state index < -0.39 is 0 Å². The van der Waals surface area contributed by atoms with Crippen LogP contribution in [0, 0.1) is 0 Å². The first kappa shape index (κ1) is 19.8. The first-order chi connectivity index (χ1) is 16.3. The van der Waals surface area contributed by atoms with Crippen LogP contribution in [0.25, 0.3) is 42.7 Å². The molecule has 0 radical (unpaired) electrons. The van der Waals surface area contributed by atoms with E-state index in [1.807, 2.05) is 24.3 Å². The minimum absolute atomic E-state index is 0.634. The summed E-state index contributed by atoms with van der Waals surface area (Å²) in [6.07, 6.45) is 0. The van der Waals surface area contributed by atoms with Crippen molar-refractivity contribution in [2.45, 2.75) is 0 Å². The standard InChI is InChI=1S/C25H17N5OS2/c1-31-18-8-10-20-21(13-18)33-22-12-17-11-16(15-5-3-2-4-6-15)7-9-19(17)23(24(22)27-20)28-30-25-29-26-14-32-25/h2-14H,1H3,(H,29,30)/b28-23-. The molecule has 0 unspecified atom stereocenters. The van der Waals surface area contributed by atoms with E-state index in [1.165, 1.54) is 16.9 Å². The van der Waals surface area contributed by atoms with Crippen molar-refractivity contribution in [3.8, 4) is 27.4 Å². The number of fused-ring (bicyclic) bond motifs is 3. The highest BCUT2D eigenvalue weighted by atomic mass is 32.1. The Hall–Kier alpha value is -3.88. The van der Waals surface area contributed by atoms with E-state index in [0.29, 0.717) is 5.13 Å². The molecule has 1 aliphatic heterocycles. The fourth-order valence-corrected chi connectivity index (χ4v) is 5.26. The van der Waals surface area contributed by atoms with Crippen LogP contribution in [0.3, 0.4) is 0 Å². The normalized spacial score (nSPS) is 12.0. The van der Waals surface area contributed by atoms with Crippen LogP contribution >= 0.6 is 22.7 Å². The molecule has 3 aromatic carbocycles. The summed E-state index contributed by atoms with van der Waals surface area (Å²) in [5.74, 6) is 0.815. The van der Waals surface area contributed by atoms with Crippen LogP contribution in [0.1, 0.15) is 0 Å². The molecule has 2 heterocycles. The largest absolute Gasteiger partial charge is 0.497 e. The lowest BCUT2D eigenvalue weighted by Gasteiger charge is -2.12. The molecule has 1 aromatic heterocycles. The van der Waals surface area contributed by atoms with Gasteiger partial charge in [-0.15, -0.1) is 21.5 Å². The number of hydrogen-bond donors (Lipinski definition) is 1. The van der Waals surface area contributed by atoms with Crippen molar-refractivity contribution in [3.63, 3.8) is 0 Å². The van der Waals surface area contributed by atoms with Crippen molar-refractivity contribution >= 4 is 48.8 Å². The van der Waals surface area contributed by atoms with Crippen molar-refractivity contribution in [1.29, 1.82) is 0 Å². The molecule has 6 rings (SSSR count). The smallest absolute Gasteiger partial charge is 0.225 e. The molecule has 0 saturated heterocycles. The number of methoxy groups -OCH3 is 1. The van der Waals surface area contributed by atoms with Gasteiger partial charge in [0, 0.05) is 5.39 Å². The Morgan fingerprint density at radius 1 is 0.939 bits per heavy atom. The molecule has 0 amide bonds. The highest BCUT2D eigenvalue weighted by molar-refractivity contribution is 7.21. The maximum Gasteiger partial charge on any atom is 0.225 e. The number of benzene rings is 4. The van der Waals surface area contributed by atoms with Gasteiger partial charge >= 0.3 is 0 Å². The average molecular weight is 468 g/mol. The Balaban J connectivity index is 1.64. The van der Waals surface area contributed by atoms with Crippen molar-refractivity contribution < 1.29 is 4.74 Å². The van der Waals surface area contributed by atoms with Crippen molar-refractivity contribution in [1.82, 2.24) is 15.2 Å². The summed E-state index contributed by atoms with van der Waals surface area (Å²) in [6.45, 7) is 0. The third-order valence-corrected chi connectivity index (χ3v) is 7.07. The van der Waals surface area contributed by atoms with Gasteiger partial charge in [-0.25, -0.2) is 4.98 Å². The molecule has 0 spiro atoms. The number of rotatable bonds is 4. The van der Waals surface area contributed by atoms with E-state index in [-0.39, 0.29) is 0 Å². The Labute approximate surface area is 197 Å². The molecule has 4 aromatic rings. The van der Waals surface area contributed by atoms with Gasteiger partial charge in [-0.2, -0.15) is 5.10 Å². The summed E-state index contributed by atoms with van der Waals surface area (Å²) in [4.78, 5) is 6.02. The predicted octanol–water partition coefficient (Wildman–Crippen LogP) is 6.01. The predicted molar refractivity (Wildman–Crippen MR) is 135 cm³/mol. The summed E-state index contributed by atoms with van der Waals surface area (Å²) in [6, 6.07) is 24.9. The van der Waals surface area contributed by atoms with Crippen molar-refractivity contribution in [2.24, 2.45) is 5.10 Å². The van der Waals surface area contributed by atoms with E-state index in [9.17, 15) is 0 Å². The second-order valence-electron chi connectivity index (χ2n) is 7.39. The molecular formula is C25H17N5OS2. The lowest BCUT2D eigenvalue weighted by Crippen LogP contribution is -2.13. The second kappa shape index (κ2) is 8.23. The summed E-state index contributed by atoms with van der Waals surface area (Å²) in [5.41, 5.74) is 8.81. The van der Waals surface area contributed by atoms with Crippen LogP contribution in [-0.2, 0) is 0 Å². The van der Waals surface area contributed by atoms with Crippen LogP contribution < -0.4 is 15.5 Å². The molecule has 0 atom stereocenters. The minimum Gasteiger partial charge on any atom is -0.497 e. The summed E-state index contributed by atoms with van der Waals surface area (Å²) >= 11 is 3.08. The van der Waals surface area contributed by atoms with E-state index >= 15 is 0 Å². The number of hydrogen-bond acceptors (Lipinski definition) is 8. The van der Waals surface area contributed by atoms with E-state index in [0.717, 1.165) is 48.2 Å². The topological polar surface area (TPSA) is 72.3 Å². The Kier molecular flexibility index (Phi) is 4.93. The molecule has 1 aliphatic carbocycles. The fraction of sp³-hybridized carbons (Fsp3) is 0.0400. The monoisotopic (exact) mass is 467 g/mol. The van der Waals surface area contributed by atoms with E-state index in [4.69, 9.17) is 14.8 Å². The van der Waals surface area contributed by atoms with Gasteiger partial charge in [0.15, 0.2) is 0 Å². The Bertz CT molecular complexity index is 1630. The number of nitrogens with zero attached hydrogens (tertiary/aromatic N) is 4. The molecule has 0 saturated carbocycles. The van der Waals surface area contributed by atoms with Crippen molar-refractivity contribution in [2.75, 3.05) is 12.5 Å². The number of nitrogens with one attached hydrogen (secondary N) is 1. The summed E-state index contributed by atoms with van der Waals surface area (Å²) < 4.78 is 6.47. The minimum atomic E-state index is 0.634. The van der Waals surface area contributed by atoms with Crippen LogP contribution in [0.15, 0.2) is 83.4 Å². The molecule has 2 aliphatic rings. The maximum absolute atomic E-state index is 5.41. The molecule has 8 heteroatoms. The third-order valence-electron chi connectivity index (χ3n) is 5.40. The summed E-state index contributed by atoms with van der Waals surface area (Å²) in [7, 11) is 1.68. The van der Waals surface area contributed by atoms with Crippen LogP contribution in [-0.4, -0.2) is 22.3 Å². The molecule has 0 bridgehead atoms. The van der Waals surface area contributed by atoms with Gasteiger partial charge in [-0.3, -0.25) is 5.43 Å². The average Bonchev–Trinajstić information content (AvgIpc) is 3.39. The molecule has 1 N–H and O–H groups in total. The first-order valence-corrected chi connectivity index (χ1v) is 11.9. The third kappa shape index (κ3) is 3.69. The van der Waals surface area contributed by atoms with Gasteiger partial charge in [0.25, 0.3) is 0 Å². The number of aromatic nitrogens is 3. The van der Waals surface area contributed by atoms with Crippen LogP contribution in [0.2, 0.25) is 0 Å². The van der Waals surface area contributed by atoms with E-state index in [2.05, 4.69) is 64.2 Å². The highest BCUT2D eigenvalue weighted by Gasteiger charge is 2.15. The fourth-order valence-electron chi connectivity index (χ4n) is 3.82. The Morgan fingerprint density at radius 3 is 2.67 bits per heavy atom. The molecule has 0 fully saturated rings. The quantitative estimate of drug-likeness (QED) is 0.254. The van der Waals surface area contributed by atoms with E-state index in [1.54, 1.807) is 24.0 Å². The maximum atomic E-state index is 5.41. The summed E-state index contributed by atoms with van der Waals surface area (Å²) in [5, 5.41) is 16.2. The molecule has 33 heavy (non-hydrogen) atoms. The highest BCUT2D eigenvalue weighted by Crippen LogP contribution is 2.34. The van der Waals surface area contributed by atoms with Gasteiger partial charge in [0.2, 0.25) is 5.13 Å². The van der Waals surface area contributed by atoms with Gasteiger partial charge in [-0.1, -0.05) is 53.8 Å². The van der Waals surface area contributed by atoms with Gasteiger partial charge in [-0.05, 0) is 46.8 Å². The lowest BCUT2D eigenvalue weighted by molar-refractivity contribution is 0.415.